The summed E-state index contributed by atoms with van der Waals surface area (Å²) in [5, 5.41) is 0. The van der Waals surface area contributed by atoms with Crippen LogP contribution in [0.3, 0.4) is 0 Å². The first-order valence-corrected chi connectivity index (χ1v) is 11.7. The maximum Gasteiger partial charge on any atom is 0.308 e. The maximum absolute atomic E-state index is 12.9. The first-order chi connectivity index (χ1) is 13.2. The van der Waals surface area contributed by atoms with Crippen LogP contribution in [0.15, 0.2) is 58.2 Å². The number of fused-ring (bicyclic) bond motifs is 1. The first kappa shape index (κ1) is 20.8. The SMILES string of the molecule is CC(C)C(NS(=O)(=O)c1ccc2c(c1)sc(=O)n2Cc1ccccc1)C(C)C. The van der Waals surface area contributed by atoms with Crippen molar-refractivity contribution in [1.29, 1.82) is 0 Å². The van der Waals surface area contributed by atoms with Crippen LogP contribution in [0, 0.1) is 11.8 Å². The Balaban J connectivity index is 1.96. The van der Waals surface area contributed by atoms with Crippen molar-refractivity contribution in [2.45, 2.75) is 45.2 Å². The highest BCUT2D eigenvalue weighted by Crippen LogP contribution is 2.24. The second kappa shape index (κ2) is 8.19. The number of rotatable bonds is 7. The summed E-state index contributed by atoms with van der Waals surface area (Å²) in [4.78, 5) is 12.6. The van der Waals surface area contributed by atoms with E-state index in [0.717, 1.165) is 22.4 Å². The minimum absolute atomic E-state index is 0.0939. The van der Waals surface area contributed by atoms with E-state index >= 15 is 0 Å². The molecule has 0 amide bonds. The molecular weight excluding hydrogens is 392 g/mol. The van der Waals surface area contributed by atoms with E-state index in [1.165, 1.54) is 0 Å². The number of thiazole rings is 1. The molecule has 0 aliphatic rings. The van der Waals surface area contributed by atoms with Crippen LogP contribution in [0.1, 0.15) is 33.3 Å². The lowest BCUT2D eigenvalue weighted by atomic mass is 9.94. The van der Waals surface area contributed by atoms with Crippen LogP contribution in [0.5, 0.6) is 0 Å². The molecule has 5 nitrogen and oxygen atoms in total. The third kappa shape index (κ3) is 4.37. The quantitative estimate of drug-likeness (QED) is 0.629. The van der Waals surface area contributed by atoms with E-state index in [9.17, 15) is 13.2 Å². The Morgan fingerprint density at radius 3 is 2.25 bits per heavy atom. The van der Waals surface area contributed by atoms with Crippen molar-refractivity contribution in [3.05, 3.63) is 63.8 Å². The van der Waals surface area contributed by atoms with Crippen LogP contribution in [-0.4, -0.2) is 19.0 Å². The van der Waals surface area contributed by atoms with Crippen LogP contribution >= 0.6 is 11.3 Å². The Hall–Kier alpha value is -1.96. The fourth-order valence-electron chi connectivity index (χ4n) is 3.42. The number of sulfonamides is 1. The summed E-state index contributed by atoms with van der Waals surface area (Å²) in [5.41, 5.74) is 1.78. The predicted molar refractivity (Wildman–Crippen MR) is 115 cm³/mol. The van der Waals surface area contributed by atoms with E-state index in [1.807, 2.05) is 58.0 Å². The lowest BCUT2D eigenvalue weighted by molar-refractivity contribution is 0.355. The average molecular weight is 419 g/mol. The molecule has 0 aliphatic carbocycles. The lowest BCUT2D eigenvalue weighted by Crippen LogP contribution is -2.42. The lowest BCUT2D eigenvalue weighted by Gasteiger charge is -2.25. The predicted octanol–water partition coefficient (Wildman–Crippen LogP) is 4.07. The standard InChI is InChI=1S/C21H26N2O3S2/c1-14(2)20(15(3)4)22-28(25,26)17-10-11-18-19(12-17)27-21(24)23(18)13-16-8-6-5-7-9-16/h5-12,14-15,20,22H,13H2,1-4H3. The van der Waals surface area contributed by atoms with Crippen LogP contribution in [0.4, 0.5) is 0 Å². The van der Waals surface area contributed by atoms with Crippen molar-refractivity contribution < 1.29 is 8.42 Å². The topological polar surface area (TPSA) is 68.2 Å². The second-order valence-corrected chi connectivity index (χ2v) is 10.4. The highest BCUT2D eigenvalue weighted by atomic mass is 32.2. The molecule has 3 rings (SSSR count). The molecule has 0 fully saturated rings. The molecule has 0 radical (unpaired) electrons. The number of nitrogens with one attached hydrogen (secondary N) is 1. The van der Waals surface area contributed by atoms with Gasteiger partial charge in [0.2, 0.25) is 10.0 Å². The fourth-order valence-corrected chi connectivity index (χ4v) is 5.98. The molecule has 0 spiro atoms. The Labute approximate surface area is 170 Å². The van der Waals surface area contributed by atoms with Gasteiger partial charge in [-0.2, -0.15) is 0 Å². The molecule has 0 atom stereocenters. The van der Waals surface area contributed by atoms with Crippen LogP contribution in [0.2, 0.25) is 0 Å². The summed E-state index contributed by atoms with van der Waals surface area (Å²) < 4.78 is 31.0. The highest BCUT2D eigenvalue weighted by molar-refractivity contribution is 7.89. The van der Waals surface area contributed by atoms with Gasteiger partial charge in [-0.25, -0.2) is 13.1 Å². The van der Waals surface area contributed by atoms with E-state index in [0.29, 0.717) is 11.2 Å². The van der Waals surface area contributed by atoms with Gasteiger partial charge in [0.05, 0.1) is 21.7 Å². The van der Waals surface area contributed by atoms with Crippen LogP contribution in [-0.2, 0) is 16.6 Å². The third-order valence-electron chi connectivity index (χ3n) is 4.86. The minimum Gasteiger partial charge on any atom is -0.294 e. The monoisotopic (exact) mass is 418 g/mol. The Morgan fingerprint density at radius 2 is 1.64 bits per heavy atom. The molecule has 0 bridgehead atoms. The van der Waals surface area contributed by atoms with E-state index in [1.54, 1.807) is 22.8 Å². The van der Waals surface area contributed by atoms with Gasteiger partial charge in [-0.1, -0.05) is 69.4 Å². The highest BCUT2D eigenvalue weighted by Gasteiger charge is 2.25. The van der Waals surface area contributed by atoms with Crippen LogP contribution in [0.25, 0.3) is 10.2 Å². The normalized spacial score (nSPS) is 12.5. The molecule has 1 N–H and O–H groups in total. The number of benzene rings is 2. The van der Waals surface area contributed by atoms with Gasteiger partial charge in [0.1, 0.15) is 0 Å². The van der Waals surface area contributed by atoms with Crippen molar-refractivity contribution in [2.75, 3.05) is 0 Å². The van der Waals surface area contributed by atoms with Crippen molar-refractivity contribution in [1.82, 2.24) is 9.29 Å². The minimum atomic E-state index is -3.66. The summed E-state index contributed by atoms with van der Waals surface area (Å²) in [6.07, 6.45) is 0. The first-order valence-electron chi connectivity index (χ1n) is 9.38. The molecule has 28 heavy (non-hydrogen) atoms. The van der Waals surface area contributed by atoms with Gasteiger partial charge in [0.15, 0.2) is 0 Å². The van der Waals surface area contributed by atoms with E-state index in [-0.39, 0.29) is 27.6 Å². The molecule has 0 unspecified atom stereocenters. The Morgan fingerprint density at radius 1 is 1.00 bits per heavy atom. The molecule has 0 aliphatic heterocycles. The number of hydrogen-bond acceptors (Lipinski definition) is 4. The van der Waals surface area contributed by atoms with E-state index < -0.39 is 10.0 Å². The zero-order chi connectivity index (χ0) is 20.5. The summed E-state index contributed by atoms with van der Waals surface area (Å²) >= 11 is 1.07. The Kier molecular flexibility index (Phi) is 6.07. The molecule has 1 aromatic heterocycles. The van der Waals surface area contributed by atoms with Gasteiger partial charge in [-0.15, -0.1) is 0 Å². The van der Waals surface area contributed by atoms with Gasteiger partial charge < -0.3 is 0 Å². The zero-order valence-corrected chi connectivity index (χ0v) is 18.2. The molecule has 7 heteroatoms. The number of hydrogen-bond donors (Lipinski definition) is 1. The molecular formula is C21H26N2O3S2. The molecule has 0 saturated carbocycles. The maximum atomic E-state index is 12.9. The molecule has 1 heterocycles. The summed E-state index contributed by atoms with van der Waals surface area (Å²) in [6, 6.07) is 14.5. The smallest absolute Gasteiger partial charge is 0.294 e. The summed E-state index contributed by atoms with van der Waals surface area (Å²) in [7, 11) is -3.66. The largest absolute Gasteiger partial charge is 0.308 e. The van der Waals surface area contributed by atoms with Crippen LogP contribution < -0.4 is 9.60 Å². The van der Waals surface area contributed by atoms with E-state index in [2.05, 4.69) is 4.72 Å². The van der Waals surface area contributed by atoms with Gasteiger partial charge in [-0.05, 0) is 35.6 Å². The zero-order valence-electron chi connectivity index (χ0n) is 16.5. The number of nitrogens with zero attached hydrogens (tertiary/aromatic N) is 1. The van der Waals surface area contributed by atoms with Gasteiger partial charge >= 0.3 is 4.87 Å². The fraction of sp³-hybridized carbons (Fsp3) is 0.381. The third-order valence-corrected chi connectivity index (χ3v) is 7.26. The average Bonchev–Trinajstić information content (AvgIpc) is 2.95. The van der Waals surface area contributed by atoms with Crippen molar-refractivity contribution in [3.8, 4) is 0 Å². The molecule has 2 aromatic carbocycles. The summed E-state index contributed by atoms with van der Waals surface area (Å²) in [6.45, 7) is 8.49. The van der Waals surface area contributed by atoms with Gasteiger partial charge in [0.25, 0.3) is 0 Å². The summed E-state index contributed by atoms with van der Waals surface area (Å²) in [5.74, 6) is 0.364. The molecule has 150 valence electrons. The van der Waals surface area contributed by atoms with Gasteiger partial charge in [-0.3, -0.25) is 9.36 Å². The Bertz CT molecular complexity index is 1110. The van der Waals surface area contributed by atoms with Crippen molar-refractivity contribution >= 4 is 31.6 Å². The molecule has 0 saturated heterocycles. The van der Waals surface area contributed by atoms with Crippen molar-refractivity contribution in [3.63, 3.8) is 0 Å². The van der Waals surface area contributed by atoms with Crippen molar-refractivity contribution in [2.24, 2.45) is 11.8 Å². The number of aromatic nitrogens is 1. The van der Waals surface area contributed by atoms with E-state index in [4.69, 9.17) is 0 Å². The molecule has 3 aromatic rings. The van der Waals surface area contributed by atoms with Gasteiger partial charge in [0, 0.05) is 6.04 Å². The second-order valence-electron chi connectivity index (χ2n) is 7.70.